The molecule has 2 aromatic carbocycles. The Morgan fingerprint density at radius 3 is 2.34 bits per heavy atom. The van der Waals surface area contributed by atoms with Crippen molar-refractivity contribution >= 4 is 34.4 Å². The molecule has 1 unspecified atom stereocenters. The number of benzene rings is 2. The number of ether oxygens (including phenoxy) is 1. The number of carboxylic acids is 1. The van der Waals surface area contributed by atoms with Gasteiger partial charge in [-0.05, 0) is 29.2 Å². The Morgan fingerprint density at radius 1 is 1.09 bits per heavy atom. The molecule has 2 amide bonds. The van der Waals surface area contributed by atoms with E-state index in [-0.39, 0.29) is 23.4 Å². The van der Waals surface area contributed by atoms with Crippen LogP contribution in [0.5, 0.6) is 0 Å². The lowest BCUT2D eigenvalue weighted by atomic mass is 9.98. The first-order chi connectivity index (χ1) is 15.4. The molecule has 1 atom stereocenters. The third kappa shape index (κ3) is 4.46. The predicted molar refractivity (Wildman–Crippen MR) is 116 cm³/mol. The zero-order chi connectivity index (χ0) is 22.7. The van der Waals surface area contributed by atoms with E-state index in [1.54, 1.807) is 0 Å². The number of nitrogens with zero attached hydrogens (tertiary/aromatic N) is 1. The number of aliphatic carboxylic acids is 1. The third-order valence-corrected chi connectivity index (χ3v) is 5.72. The number of amides is 2. The van der Waals surface area contributed by atoms with Crippen LogP contribution in [0.3, 0.4) is 0 Å². The quantitative estimate of drug-likeness (QED) is 0.466. The highest BCUT2D eigenvalue weighted by molar-refractivity contribution is 7.14. The van der Waals surface area contributed by atoms with Crippen molar-refractivity contribution in [3.8, 4) is 11.1 Å². The zero-order valence-electron chi connectivity index (χ0n) is 16.9. The summed E-state index contributed by atoms with van der Waals surface area (Å²) in [4.78, 5) is 43.7. The van der Waals surface area contributed by atoms with Gasteiger partial charge in [0.05, 0.1) is 0 Å². The molecule has 1 aliphatic carbocycles. The van der Waals surface area contributed by atoms with Gasteiger partial charge in [0.15, 0.2) is 11.2 Å². The molecule has 0 spiro atoms. The Labute approximate surface area is 187 Å². The number of carboxylic acid groups (broad SMARTS) is 1. The first-order valence-electron chi connectivity index (χ1n) is 9.70. The maximum Gasteiger partial charge on any atom is 0.413 e. The average Bonchev–Trinajstić information content (AvgIpc) is 3.38. The van der Waals surface area contributed by atoms with Crippen LogP contribution in [0.2, 0.25) is 0 Å². The zero-order valence-corrected chi connectivity index (χ0v) is 17.7. The minimum Gasteiger partial charge on any atom is -0.479 e. The Morgan fingerprint density at radius 2 is 1.72 bits per heavy atom. The number of hydrogen-bond acceptors (Lipinski definition) is 7. The fourth-order valence-electron chi connectivity index (χ4n) is 3.40. The van der Waals surface area contributed by atoms with Crippen molar-refractivity contribution in [3.05, 3.63) is 70.7 Å². The van der Waals surface area contributed by atoms with E-state index in [2.05, 4.69) is 22.4 Å². The van der Waals surface area contributed by atoms with E-state index in [0.717, 1.165) is 33.6 Å². The lowest BCUT2D eigenvalue weighted by Gasteiger charge is -2.14. The number of aromatic nitrogens is 1. The number of anilines is 1. The summed E-state index contributed by atoms with van der Waals surface area (Å²) in [5.41, 5.74) is 6.45. The summed E-state index contributed by atoms with van der Waals surface area (Å²) in [6, 6.07) is 16.0. The minimum atomic E-state index is -1.22. The molecule has 10 heteroatoms. The smallest absolute Gasteiger partial charge is 0.413 e. The fraction of sp³-hybridized carbons (Fsp3) is 0.182. The highest BCUT2D eigenvalue weighted by Crippen LogP contribution is 2.44. The molecule has 0 aliphatic heterocycles. The lowest BCUT2D eigenvalue weighted by Crippen LogP contribution is -2.32. The van der Waals surface area contributed by atoms with Gasteiger partial charge in [-0.2, -0.15) is 0 Å². The van der Waals surface area contributed by atoms with Crippen LogP contribution < -0.4 is 10.8 Å². The molecule has 0 radical (unpaired) electrons. The van der Waals surface area contributed by atoms with E-state index in [0.29, 0.717) is 0 Å². The number of fused-ring (bicyclic) bond motifs is 3. The minimum absolute atomic E-state index is 0.0264. The number of nitrogens with one attached hydrogen (secondary N) is 2. The maximum absolute atomic E-state index is 12.3. The van der Waals surface area contributed by atoms with Crippen molar-refractivity contribution in [2.24, 2.45) is 0 Å². The Kier molecular flexibility index (Phi) is 6.15. The van der Waals surface area contributed by atoms with E-state index in [4.69, 9.17) is 14.7 Å². The van der Waals surface area contributed by atoms with Crippen LogP contribution in [0, 0.1) is 0 Å². The second kappa shape index (κ2) is 9.16. The monoisotopic (exact) mass is 453 g/mol. The van der Waals surface area contributed by atoms with E-state index < -0.39 is 24.1 Å². The second-order valence-electron chi connectivity index (χ2n) is 7.02. The van der Waals surface area contributed by atoms with Crippen molar-refractivity contribution in [1.29, 1.82) is 0 Å². The first-order valence-corrected chi connectivity index (χ1v) is 10.6. The first kappa shape index (κ1) is 21.5. The SMILES string of the molecule is CC(ONC(=O)c1csc(NC(=O)OCC2c3ccccc3-c3ccccc32)n1)C(=O)O. The molecule has 0 saturated carbocycles. The molecule has 4 rings (SSSR count). The molecule has 164 valence electrons. The lowest BCUT2D eigenvalue weighted by molar-refractivity contribution is -0.152. The summed E-state index contributed by atoms with van der Waals surface area (Å²) in [5.74, 6) is -2.02. The summed E-state index contributed by atoms with van der Waals surface area (Å²) < 4.78 is 5.44. The highest BCUT2D eigenvalue weighted by Gasteiger charge is 2.29. The van der Waals surface area contributed by atoms with Gasteiger partial charge in [-0.25, -0.2) is 20.1 Å². The van der Waals surface area contributed by atoms with Crippen LogP contribution >= 0.6 is 11.3 Å². The molecule has 1 aliphatic rings. The highest BCUT2D eigenvalue weighted by atomic mass is 32.1. The van der Waals surface area contributed by atoms with Gasteiger partial charge >= 0.3 is 12.1 Å². The normalized spacial score (nSPS) is 13.0. The number of rotatable bonds is 7. The molecular formula is C22H19N3O6S. The average molecular weight is 453 g/mol. The largest absolute Gasteiger partial charge is 0.479 e. The maximum atomic E-state index is 12.3. The van der Waals surface area contributed by atoms with Gasteiger partial charge < -0.3 is 9.84 Å². The van der Waals surface area contributed by atoms with Gasteiger partial charge in [0.25, 0.3) is 5.91 Å². The Bertz CT molecular complexity index is 1130. The van der Waals surface area contributed by atoms with Crippen LogP contribution in [0.1, 0.15) is 34.5 Å². The van der Waals surface area contributed by atoms with E-state index in [1.807, 2.05) is 41.9 Å². The molecule has 0 bridgehead atoms. The van der Waals surface area contributed by atoms with Crippen LogP contribution in [-0.4, -0.2) is 40.8 Å². The Balaban J connectivity index is 1.34. The van der Waals surface area contributed by atoms with Crippen molar-refractivity contribution < 1.29 is 29.1 Å². The van der Waals surface area contributed by atoms with Gasteiger partial charge in [-0.1, -0.05) is 48.5 Å². The Hall–Kier alpha value is -3.76. The van der Waals surface area contributed by atoms with Gasteiger partial charge in [0.2, 0.25) is 0 Å². The van der Waals surface area contributed by atoms with Gasteiger partial charge in [-0.3, -0.25) is 14.9 Å². The number of hydrogen-bond donors (Lipinski definition) is 3. The molecule has 3 N–H and O–H groups in total. The standard InChI is InChI=1S/C22H19N3O6S/c1-12(20(27)28)31-25-19(26)18-11-32-21(23-18)24-22(29)30-10-17-15-8-4-2-6-13(15)14-7-3-5-9-16(14)17/h2-9,11-12,17H,10H2,1H3,(H,25,26)(H,27,28)(H,23,24,29). The van der Waals surface area contributed by atoms with Crippen LogP contribution in [-0.2, 0) is 14.4 Å². The molecule has 32 heavy (non-hydrogen) atoms. The summed E-state index contributed by atoms with van der Waals surface area (Å²) in [6.45, 7) is 1.42. The molecule has 1 heterocycles. The topological polar surface area (TPSA) is 127 Å². The number of hydroxylamine groups is 1. The molecular weight excluding hydrogens is 434 g/mol. The molecule has 0 saturated heterocycles. The van der Waals surface area contributed by atoms with Gasteiger partial charge in [0.1, 0.15) is 12.3 Å². The van der Waals surface area contributed by atoms with Crippen molar-refractivity contribution in [2.75, 3.05) is 11.9 Å². The second-order valence-corrected chi connectivity index (χ2v) is 7.88. The van der Waals surface area contributed by atoms with E-state index in [1.165, 1.54) is 12.3 Å². The number of carbonyl (C=O) groups is 3. The molecule has 3 aromatic rings. The van der Waals surface area contributed by atoms with Crippen LogP contribution in [0.15, 0.2) is 53.9 Å². The van der Waals surface area contributed by atoms with Crippen molar-refractivity contribution in [2.45, 2.75) is 18.9 Å². The van der Waals surface area contributed by atoms with Gasteiger partial charge in [0, 0.05) is 11.3 Å². The predicted octanol–water partition coefficient (Wildman–Crippen LogP) is 3.64. The number of thiazole rings is 1. The molecule has 9 nitrogen and oxygen atoms in total. The van der Waals surface area contributed by atoms with Crippen molar-refractivity contribution in [1.82, 2.24) is 10.5 Å². The fourth-order valence-corrected chi connectivity index (χ4v) is 4.08. The summed E-state index contributed by atoms with van der Waals surface area (Å²) in [5, 5.41) is 12.8. The summed E-state index contributed by atoms with van der Waals surface area (Å²) in [6.07, 6.45) is -1.90. The van der Waals surface area contributed by atoms with E-state index in [9.17, 15) is 14.4 Å². The van der Waals surface area contributed by atoms with Crippen LogP contribution in [0.4, 0.5) is 9.93 Å². The van der Waals surface area contributed by atoms with Crippen molar-refractivity contribution in [3.63, 3.8) is 0 Å². The summed E-state index contributed by atoms with van der Waals surface area (Å²) >= 11 is 1.03. The third-order valence-electron chi connectivity index (χ3n) is 4.97. The van der Waals surface area contributed by atoms with E-state index >= 15 is 0 Å². The number of carbonyl (C=O) groups excluding carboxylic acids is 2. The molecule has 1 aromatic heterocycles. The van der Waals surface area contributed by atoms with Crippen LogP contribution in [0.25, 0.3) is 11.1 Å². The molecule has 0 fully saturated rings. The van der Waals surface area contributed by atoms with Gasteiger partial charge in [-0.15, -0.1) is 11.3 Å². The summed E-state index contributed by atoms with van der Waals surface area (Å²) in [7, 11) is 0.